The summed E-state index contributed by atoms with van der Waals surface area (Å²) in [6.07, 6.45) is 1.68. The standard InChI is InChI=1S/C10H16N4O3/c1-13-9(15)8(12-14(2)10(13)16)11-7-3-5-17-6-4-7/h7H,3-6H2,1-2H3,(H,11,12). The van der Waals surface area contributed by atoms with Crippen molar-refractivity contribution in [2.24, 2.45) is 14.1 Å². The Morgan fingerprint density at radius 2 is 1.94 bits per heavy atom. The van der Waals surface area contributed by atoms with Crippen LogP contribution in [0.3, 0.4) is 0 Å². The Labute approximate surface area is 98.0 Å². The van der Waals surface area contributed by atoms with E-state index in [0.29, 0.717) is 13.2 Å². The van der Waals surface area contributed by atoms with E-state index in [1.54, 1.807) is 0 Å². The van der Waals surface area contributed by atoms with E-state index in [9.17, 15) is 9.59 Å². The monoisotopic (exact) mass is 240 g/mol. The van der Waals surface area contributed by atoms with Crippen LogP contribution >= 0.6 is 0 Å². The van der Waals surface area contributed by atoms with Crippen molar-refractivity contribution in [1.29, 1.82) is 0 Å². The van der Waals surface area contributed by atoms with E-state index in [1.807, 2.05) is 0 Å². The van der Waals surface area contributed by atoms with Crippen LogP contribution in [0.1, 0.15) is 12.8 Å². The van der Waals surface area contributed by atoms with E-state index in [0.717, 1.165) is 22.1 Å². The number of aryl methyl sites for hydroxylation is 1. The Morgan fingerprint density at radius 1 is 1.29 bits per heavy atom. The number of nitrogens with zero attached hydrogens (tertiary/aromatic N) is 3. The molecule has 2 heterocycles. The van der Waals surface area contributed by atoms with Crippen LogP contribution in [0.15, 0.2) is 9.59 Å². The van der Waals surface area contributed by atoms with E-state index in [2.05, 4.69) is 10.4 Å². The molecule has 7 heteroatoms. The summed E-state index contributed by atoms with van der Waals surface area (Å²) >= 11 is 0. The van der Waals surface area contributed by atoms with Crippen LogP contribution in [-0.4, -0.2) is 33.6 Å². The fourth-order valence-electron chi connectivity index (χ4n) is 1.82. The lowest BCUT2D eigenvalue weighted by Gasteiger charge is -2.23. The largest absolute Gasteiger partial charge is 0.381 e. The number of anilines is 1. The third-order valence-corrected chi connectivity index (χ3v) is 2.88. The molecule has 0 bridgehead atoms. The molecule has 0 aliphatic carbocycles. The molecule has 0 atom stereocenters. The molecule has 0 amide bonds. The molecule has 17 heavy (non-hydrogen) atoms. The quantitative estimate of drug-likeness (QED) is 0.722. The third-order valence-electron chi connectivity index (χ3n) is 2.88. The fourth-order valence-corrected chi connectivity index (χ4v) is 1.82. The average molecular weight is 240 g/mol. The van der Waals surface area contributed by atoms with Crippen LogP contribution in [0.2, 0.25) is 0 Å². The molecule has 0 saturated carbocycles. The lowest BCUT2D eigenvalue weighted by molar-refractivity contribution is 0.0903. The maximum Gasteiger partial charge on any atom is 0.346 e. The molecular formula is C10H16N4O3. The SMILES string of the molecule is Cn1nc(NC2CCOCC2)c(=O)n(C)c1=O. The van der Waals surface area contributed by atoms with Crippen molar-refractivity contribution in [2.45, 2.75) is 18.9 Å². The summed E-state index contributed by atoms with van der Waals surface area (Å²) in [5.41, 5.74) is -0.813. The maximum atomic E-state index is 11.8. The van der Waals surface area contributed by atoms with E-state index < -0.39 is 5.69 Å². The first kappa shape index (κ1) is 11.8. The van der Waals surface area contributed by atoms with Crippen molar-refractivity contribution in [3.8, 4) is 0 Å². The first-order chi connectivity index (χ1) is 8.09. The van der Waals surface area contributed by atoms with Gasteiger partial charge in [0.15, 0.2) is 0 Å². The number of hydrogen-bond acceptors (Lipinski definition) is 5. The maximum absolute atomic E-state index is 11.8. The highest BCUT2D eigenvalue weighted by Gasteiger charge is 2.17. The fraction of sp³-hybridized carbons (Fsp3) is 0.700. The minimum atomic E-state index is -0.424. The topological polar surface area (TPSA) is 78.2 Å². The van der Waals surface area contributed by atoms with Crippen molar-refractivity contribution in [3.05, 3.63) is 20.8 Å². The number of aromatic nitrogens is 3. The van der Waals surface area contributed by atoms with E-state index in [1.165, 1.54) is 14.1 Å². The van der Waals surface area contributed by atoms with Crippen LogP contribution in [0, 0.1) is 0 Å². The van der Waals surface area contributed by atoms with Gasteiger partial charge in [-0.05, 0) is 12.8 Å². The molecule has 7 nitrogen and oxygen atoms in total. The van der Waals surface area contributed by atoms with Crippen LogP contribution in [0.5, 0.6) is 0 Å². The Morgan fingerprint density at radius 3 is 2.59 bits per heavy atom. The number of nitrogens with one attached hydrogen (secondary N) is 1. The molecule has 2 rings (SSSR count). The van der Waals surface area contributed by atoms with Gasteiger partial charge in [0.25, 0.3) is 5.56 Å². The zero-order valence-corrected chi connectivity index (χ0v) is 9.97. The minimum absolute atomic E-state index is 0.182. The second-order valence-electron chi connectivity index (χ2n) is 4.15. The molecular weight excluding hydrogens is 224 g/mol. The highest BCUT2D eigenvalue weighted by atomic mass is 16.5. The summed E-state index contributed by atoms with van der Waals surface area (Å²) in [5.74, 6) is 0.224. The first-order valence-electron chi connectivity index (χ1n) is 5.58. The Bertz CT molecular complexity index is 513. The Hall–Kier alpha value is -1.63. The van der Waals surface area contributed by atoms with E-state index >= 15 is 0 Å². The van der Waals surface area contributed by atoms with Crippen LogP contribution in [0.4, 0.5) is 5.82 Å². The summed E-state index contributed by atoms with van der Waals surface area (Å²) in [4.78, 5) is 23.3. The summed E-state index contributed by atoms with van der Waals surface area (Å²) in [5, 5.41) is 7.02. The number of ether oxygens (including phenoxy) is 1. The molecule has 0 radical (unpaired) electrons. The first-order valence-corrected chi connectivity index (χ1v) is 5.58. The van der Waals surface area contributed by atoms with Crippen molar-refractivity contribution in [2.75, 3.05) is 18.5 Å². The summed E-state index contributed by atoms with van der Waals surface area (Å²) in [7, 11) is 2.97. The van der Waals surface area contributed by atoms with Crippen molar-refractivity contribution < 1.29 is 4.74 Å². The van der Waals surface area contributed by atoms with Gasteiger partial charge in [0.2, 0.25) is 5.82 Å². The van der Waals surface area contributed by atoms with Gasteiger partial charge in [0.05, 0.1) is 0 Å². The summed E-state index contributed by atoms with van der Waals surface area (Å²) in [6.45, 7) is 1.37. The predicted molar refractivity (Wildman–Crippen MR) is 62.2 cm³/mol. The van der Waals surface area contributed by atoms with Gasteiger partial charge in [0, 0.05) is 33.4 Å². The van der Waals surface area contributed by atoms with Gasteiger partial charge in [-0.25, -0.2) is 9.48 Å². The van der Waals surface area contributed by atoms with Gasteiger partial charge in [-0.3, -0.25) is 9.36 Å². The second-order valence-corrected chi connectivity index (χ2v) is 4.15. The van der Waals surface area contributed by atoms with Gasteiger partial charge in [-0.2, -0.15) is 0 Å². The van der Waals surface area contributed by atoms with Crippen molar-refractivity contribution in [3.63, 3.8) is 0 Å². The summed E-state index contributed by atoms with van der Waals surface area (Å²) in [6, 6.07) is 0.182. The van der Waals surface area contributed by atoms with Crippen LogP contribution < -0.4 is 16.6 Å². The van der Waals surface area contributed by atoms with Gasteiger partial charge in [-0.1, -0.05) is 0 Å². The average Bonchev–Trinajstić information content (AvgIpc) is 2.35. The molecule has 1 saturated heterocycles. The van der Waals surface area contributed by atoms with Crippen molar-refractivity contribution in [1.82, 2.24) is 14.3 Å². The molecule has 1 aromatic rings. The molecule has 0 unspecified atom stereocenters. The normalized spacial score (nSPS) is 17.1. The van der Waals surface area contributed by atoms with Gasteiger partial charge < -0.3 is 10.1 Å². The zero-order chi connectivity index (χ0) is 12.4. The van der Waals surface area contributed by atoms with Gasteiger partial charge in [0.1, 0.15) is 0 Å². The highest BCUT2D eigenvalue weighted by Crippen LogP contribution is 2.09. The lowest BCUT2D eigenvalue weighted by atomic mass is 10.1. The summed E-state index contributed by atoms with van der Waals surface area (Å²) < 4.78 is 7.44. The second kappa shape index (κ2) is 4.70. The Balaban J connectivity index is 2.27. The van der Waals surface area contributed by atoms with Crippen LogP contribution in [-0.2, 0) is 18.8 Å². The van der Waals surface area contributed by atoms with Crippen LogP contribution in [0.25, 0.3) is 0 Å². The lowest BCUT2D eigenvalue weighted by Crippen LogP contribution is -2.41. The molecule has 1 aromatic heterocycles. The molecule has 1 N–H and O–H groups in total. The molecule has 0 spiro atoms. The Kier molecular flexibility index (Phi) is 3.28. The van der Waals surface area contributed by atoms with Gasteiger partial charge in [-0.15, -0.1) is 5.10 Å². The molecule has 1 aliphatic heterocycles. The number of hydrogen-bond donors (Lipinski definition) is 1. The van der Waals surface area contributed by atoms with E-state index in [-0.39, 0.29) is 17.4 Å². The minimum Gasteiger partial charge on any atom is -0.381 e. The van der Waals surface area contributed by atoms with Crippen molar-refractivity contribution >= 4 is 5.82 Å². The third kappa shape index (κ3) is 2.38. The highest BCUT2D eigenvalue weighted by molar-refractivity contribution is 5.31. The molecule has 1 aliphatic rings. The number of rotatable bonds is 2. The molecule has 94 valence electrons. The predicted octanol–water partition coefficient (Wildman–Crippen LogP) is -0.930. The molecule has 0 aromatic carbocycles. The van der Waals surface area contributed by atoms with Gasteiger partial charge >= 0.3 is 5.69 Å². The smallest absolute Gasteiger partial charge is 0.346 e. The molecule has 1 fully saturated rings. The van der Waals surface area contributed by atoms with E-state index in [4.69, 9.17) is 4.74 Å². The zero-order valence-electron chi connectivity index (χ0n) is 9.97.